The monoisotopic (exact) mass is 257 g/mol. The van der Waals surface area contributed by atoms with Crippen LogP contribution in [-0.4, -0.2) is 25.7 Å². The van der Waals surface area contributed by atoms with Crippen LogP contribution in [0, 0.1) is 0 Å². The molecule has 0 radical (unpaired) electrons. The minimum absolute atomic E-state index is 0.863. The first-order chi connectivity index (χ1) is 9.31. The summed E-state index contributed by atoms with van der Waals surface area (Å²) >= 11 is 0. The van der Waals surface area contributed by atoms with Gasteiger partial charge in [-0.25, -0.2) is 0 Å². The fourth-order valence-corrected chi connectivity index (χ4v) is 1.85. The molecule has 2 rings (SSSR count). The number of nitrogens with one attached hydrogen (secondary N) is 2. The second-order valence-corrected chi connectivity index (χ2v) is 4.24. The van der Waals surface area contributed by atoms with Crippen molar-refractivity contribution in [3.63, 3.8) is 0 Å². The third-order valence-electron chi connectivity index (χ3n) is 2.90. The average Bonchev–Trinajstić information content (AvgIpc) is 2.48. The summed E-state index contributed by atoms with van der Waals surface area (Å²) in [5.41, 5.74) is 3.28. The lowest BCUT2D eigenvalue weighted by Crippen LogP contribution is -2.05. The highest BCUT2D eigenvalue weighted by molar-refractivity contribution is 5.53. The molecule has 0 aliphatic rings. The molecule has 0 atom stereocenters. The molecule has 0 saturated carbocycles. The van der Waals surface area contributed by atoms with E-state index >= 15 is 0 Å². The van der Waals surface area contributed by atoms with Crippen LogP contribution >= 0.6 is 0 Å². The minimum Gasteiger partial charge on any atom is -0.497 e. The lowest BCUT2D eigenvalue weighted by Gasteiger charge is -2.08. The van der Waals surface area contributed by atoms with Crippen LogP contribution in [0.25, 0.3) is 0 Å². The first kappa shape index (κ1) is 13.2. The Balaban J connectivity index is 1.88. The normalized spacial score (nSPS) is 10.0. The van der Waals surface area contributed by atoms with E-state index in [0.29, 0.717) is 0 Å². The Bertz CT molecular complexity index is 481. The molecule has 0 unspecified atom stereocenters. The van der Waals surface area contributed by atoms with Gasteiger partial charge in [-0.2, -0.15) is 0 Å². The molecule has 1 aromatic carbocycles. The molecule has 0 aliphatic heterocycles. The Labute approximate surface area is 113 Å². The summed E-state index contributed by atoms with van der Waals surface area (Å²) < 4.78 is 5.21. The number of pyridine rings is 1. The lowest BCUT2D eigenvalue weighted by atomic mass is 10.1. The number of methoxy groups -OCH3 is 1. The van der Waals surface area contributed by atoms with E-state index < -0.39 is 0 Å². The van der Waals surface area contributed by atoms with E-state index in [1.165, 1.54) is 5.56 Å². The Hall–Kier alpha value is -2.23. The number of hydrogen-bond acceptors (Lipinski definition) is 4. The van der Waals surface area contributed by atoms with Crippen molar-refractivity contribution in [2.45, 2.75) is 6.42 Å². The second-order valence-electron chi connectivity index (χ2n) is 4.24. The van der Waals surface area contributed by atoms with Crippen LogP contribution in [-0.2, 0) is 6.42 Å². The highest BCUT2D eigenvalue weighted by Crippen LogP contribution is 2.14. The standard InChI is InChI=1S/C15H19N3O/c1-16-13-9-14(11-17-10-13)18-7-6-12-4-3-5-15(8-12)19-2/h3-5,8-11,16,18H,6-7H2,1-2H3. The SMILES string of the molecule is CNc1cncc(NCCc2cccc(OC)c2)c1. The van der Waals surface area contributed by atoms with Crippen LogP contribution in [0.1, 0.15) is 5.56 Å². The molecule has 100 valence electrons. The molecule has 4 nitrogen and oxygen atoms in total. The van der Waals surface area contributed by atoms with Gasteiger partial charge in [0, 0.05) is 13.6 Å². The number of aromatic nitrogens is 1. The number of benzene rings is 1. The molecule has 0 aliphatic carbocycles. The molecular formula is C15H19N3O. The van der Waals surface area contributed by atoms with Gasteiger partial charge >= 0.3 is 0 Å². The lowest BCUT2D eigenvalue weighted by molar-refractivity contribution is 0.414. The van der Waals surface area contributed by atoms with Crippen LogP contribution in [0.2, 0.25) is 0 Å². The van der Waals surface area contributed by atoms with Crippen molar-refractivity contribution in [2.75, 3.05) is 31.3 Å². The second kappa shape index (κ2) is 6.64. The minimum atomic E-state index is 0.863. The molecule has 2 aromatic rings. The van der Waals surface area contributed by atoms with Gasteiger partial charge in [-0.1, -0.05) is 12.1 Å². The third kappa shape index (κ3) is 3.88. The van der Waals surface area contributed by atoms with Crippen LogP contribution in [0.5, 0.6) is 5.75 Å². The van der Waals surface area contributed by atoms with Gasteiger partial charge in [0.25, 0.3) is 0 Å². The van der Waals surface area contributed by atoms with E-state index in [9.17, 15) is 0 Å². The summed E-state index contributed by atoms with van der Waals surface area (Å²) in [6.45, 7) is 0.863. The summed E-state index contributed by atoms with van der Waals surface area (Å²) in [5, 5.41) is 6.43. The van der Waals surface area contributed by atoms with Crippen molar-refractivity contribution in [1.29, 1.82) is 0 Å². The summed E-state index contributed by atoms with van der Waals surface area (Å²) in [6.07, 6.45) is 4.57. The first-order valence-electron chi connectivity index (χ1n) is 6.31. The van der Waals surface area contributed by atoms with E-state index in [-0.39, 0.29) is 0 Å². The molecule has 0 fully saturated rings. The molecular weight excluding hydrogens is 238 g/mol. The van der Waals surface area contributed by atoms with Crippen molar-refractivity contribution in [3.8, 4) is 5.75 Å². The molecule has 0 spiro atoms. The van der Waals surface area contributed by atoms with Gasteiger partial charge in [-0.05, 0) is 30.2 Å². The first-order valence-corrected chi connectivity index (χ1v) is 6.31. The summed E-state index contributed by atoms with van der Waals surface area (Å²) in [6, 6.07) is 10.2. The maximum absolute atomic E-state index is 5.21. The molecule has 0 amide bonds. The molecule has 0 saturated heterocycles. The Morgan fingerprint density at radius 2 is 2.00 bits per heavy atom. The van der Waals surface area contributed by atoms with Crippen molar-refractivity contribution in [1.82, 2.24) is 4.98 Å². The van der Waals surface area contributed by atoms with Gasteiger partial charge in [0.05, 0.1) is 30.9 Å². The number of anilines is 2. The van der Waals surface area contributed by atoms with Gasteiger partial charge in [0.2, 0.25) is 0 Å². The average molecular weight is 257 g/mol. The van der Waals surface area contributed by atoms with Gasteiger partial charge < -0.3 is 15.4 Å². The summed E-state index contributed by atoms with van der Waals surface area (Å²) in [4.78, 5) is 4.16. The predicted octanol–water partition coefficient (Wildman–Crippen LogP) is 2.79. The highest BCUT2D eigenvalue weighted by Gasteiger charge is 1.98. The molecule has 4 heteroatoms. The van der Waals surface area contributed by atoms with E-state index in [2.05, 4.69) is 27.8 Å². The van der Waals surface area contributed by atoms with E-state index in [0.717, 1.165) is 30.1 Å². The number of ether oxygens (including phenoxy) is 1. The van der Waals surface area contributed by atoms with E-state index in [1.54, 1.807) is 13.3 Å². The van der Waals surface area contributed by atoms with Crippen LogP contribution in [0.15, 0.2) is 42.7 Å². The van der Waals surface area contributed by atoms with Crippen LogP contribution in [0.3, 0.4) is 0 Å². The molecule has 19 heavy (non-hydrogen) atoms. The van der Waals surface area contributed by atoms with Crippen molar-refractivity contribution in [3.05, 3.63) is 48.3 Å². The molecule has 0 bridgehead atoms. The number of hydrogen-bond donors (Lipinski definition) is 2. The zero-order chi connectivity index (χ0) is 13.5. The van der Waals surface area contributed by atoms with Crippen molar-refractivity contribution >= 4 is 11.4 Å². The van der Waals surface area contributed by atoms with Gasteiger partial charge in [-0.15, -0.1) is 0 Å². The zero-order valence-electron chi connectivity index (χ0n) is 11.3. The maximum Gasteiger partial charge on any atom is 0.119 e. The predicted molar refractivity (Wildman–Crippen MR) is 79.0 cm³/mol. The van der Waals surface area contributed by atoms with Crippen molar-refractivity contribution in [2.24, 2.45) is 0 Å². The quantitative estimate of drug-likeness (QED) is 0.835. The summed E-state index contributed by atoms with van der Waals surface area (Å²) in [5.74, 6) is 0.899. The summed E-state index contributed by atoms with van der Waals surface area (Å²) in [7, 11) is 3.57. The van der Waals surface area contributed by atoms with E-state index in [4.69, 9.17) is 4.74 Å². The topological polar surface area (TPSA) is 46.2 Å². The molecule has 1 aromatic heterocycles. The van der Waals surface area contributed by atoms with Gasteiger partial charge in [0.15, 0.2) is 0 Å². The third-order valence-corrected chi connectivity index (χ3v) is 2.90. The Morgan fingerprint density at radius 1 is 1.16 bits per heavy atom. The fraction of sp³-hybridized carbons (Fsp3) is 0.267. The zero-order valence-corrected chi connectivity index (χ0v) is 11.3. The maximum atomic E-state index is 5.21. The highest BCUT2D eigenvalue weighted by atomic mass is 16.5. The van der Waals surface area contributed by atoms with Crippen molar-refractivity contribution < 1.29 is 4.74 Å². The number of rotatable bonds is 6. The van der Waals surface area contributed by atoms with Gasteiger partial charge in [0.1, 0.15) is 5.75 Å². The van der Waals surface area contributed by atoms with Gasteiger partial charge in [-0.3, -0.25) is 4.98 Å². The molecule has 1 heterocycles. The largest absolute Gasteiger partial charge is 0.497 e. The molecule has 2 N–H and O–H groups in total. The van der Waals surface area contributed by atoms with E-state index in [1.807, 2.05) is 31.4 Å². The Morgan fingerprint density at radius 3 is 2.79 bits per heavy atom. The Kier molecular flexibility index (Phi) is 4.61. The van der Waals surface area contributed by atoms with Crippen LogP contribution < -0.4 is 15.4 Å². The van der Waals surface area contributed by atoms with Crippen LogP contribution in [0.4, 0.5) is 11.4 Å². The smallest absolute Gasteiger partial charge is 0.119 e. The fourth-order valence-electron chi connectivity index (χ4n) is 1.85. The number of nitrogens with zero attached hydrogens (tertiary/aromatic N) is 1.